The van der Waals surface area contributed by atoms with Gasteiger partial charge in [0.25, 0.3) is 0 Å². The fourth-order valence-corrected chi connectivity index (χ4v) is 1.50. The standard InChI is InChI=1S/C14H19NO2/c1-4-5-6-9-17-14-10-12(16-3)7-8-13(14)11(2)15/h1,7-8,10-11H,5-6,9,15H2,2-3H3/t11-/m0/s1. The van der Waals surface area contributed by atoms with Gasteiger partial charge in [0.2, 0.25) is 0 Å². The summed E-state index contributed by atoms with van der Waals surface area (Å²) in [5.41, 5.74) is 6.86. The van der Waals surface area contributed by atoms with E-state index in [1.165, 1.54) is 0 Å². The van der Waals surface area contributed by atoms with Crippen molar-refractivity contribution in [2.45, 2.75) is 25.8 Å². The second-order valence-electron chi connectivity index (χ2n) is 3.85. The molecule has 3 heteroatoms. The van der Waals surface area contributed by atoms with E-state index in [0.29, 0.717) is 6.61 Å². The van der Waals surface area contributed by atoms with Crippen LogP contribution in [0.1, 0.15) is 31.4 Å². The molecule has 0 aliphatic heterocycles. The first-order chi connectivity index (χ1) is 8.19. The van der Waals surface area contributed by atoms with Gasteiger partial charge in [-0.2, -0.15) is 0 Å². The second kappa shape index (κ2) is 6.82. The summed E-state index contributed by atoms with van der Waals surface area (Å²) in [5, 5.41) is 0. The van der Waals surface area contributed by atoms with E-state index in [1.807, 2.05) is 25.1 Å². The monoisotopic (exact) mass is 233 g/mol. The zero-order valence-electron chi connectivity index (χ0n) is 10.4. The molecule has 0 aliphatic rings. The van der Waals surface area contributed by atoms with Crippen molar-refractivity contribution >= 4 is 0 Å². The summed E-state index contributed by atoms with van der Waals surface area (Å²) in [6.45, 7) is 2.52. The van der Waals surface area contributed by atoms with E-state index in [-0.39, 0.29) is 6.04 Å². The molecule has 0 bridgehead atoms. The molecule has 0 saturated heterocycles. The smallest absolute Gasteiger partial charge is 0.127 e. The summed E-state index contributed by atoms with van der Waals surface area (Å²) in [6, 6.07) is 5.60. The average Bonchev–Trinajstić information content (AvgIpc) is 2.34. The van der Waals surface area contributed by atoms with Crippen molar-refractivity contribution in [2.75, 3.05) is 13.7 Å². The highest BCUT2D eigenvalue weighted by atomic mass is 16.5. The summed E-state index contributed by atoms with van der Waals surface area (Å²) < 4.78 is 10.9. The second-order valence-corrected chi connectivity index (χ2v) is 3.85. The first-order valence-electron chi connectivity index (χ1n) is 5.68. The molecule has 0 heterocycles. The minimum absolute atomic E-state index is 0.0662. The molecule has 1 rings (SSSR count). The third-order valence-corrected chi connectivity index (χ3v) is 2.43. The maximum Gasteiger partial charge on any atom is 0.127 e. The van der Waals surface area contributed by atoms with Gasteiger partial charge in [0, 0.05) is 24.1 Å². The lowest BCUT2D eigenvalue weighted by atomic mass is 10.1. The van der Waals surface area contributed by atoms with Gasteiger partial charge < -0.3 is 15.2 Å². The fraction of sp³-hybridized carbons (Fsp3) is 0.429. The molecular weight excluding hydrogens is 214 g/mol. The Morgan fingerprint density at radius 1 is 1.47 bits per heavy atom. The SMILES string of the molecule is C#CCCCOc1cc(OC)ccc1[C@H](C)N. The van der Waals surface area contributed by atoms with E-state index in [0.717, 1.165) is 29.9 Å². The molecule has 17 heavy (non-hydrogen) atoms. The molecular formula is C14H19NO2. The van der Waals surface area contributed by atoms with Gasteiger partial charge in [-0.1, -0.05) is 6.07 Å². The van der Waals surface area contributed by atoms with Gasteiger partial charge in [-0.3, -0.25) is 0 Å². The van der Waals surface area contributed by atoms with Crippen LogP contribution in [-0.2, 0) is 0 Å². The Hall–Kier alpha value is -1.66. The van der Waals surface area contributed by atoms with Crippen molar-refractivity contribution < 1.29 is 9.47 Å². The maximum absolute atomic E-state index is 5.88. The third kappa shape index (κ3) is 4.01. The van der Waals surface area contributed by atoms with E-state index < -0.39 is 0 Å². The first kappa shape index (κ1) is 13.4. The highest BCUT2D eigenvalue weighted by Crippen LogP contribution is 2.28. The molecule has 0 amide bonds. The van der Waals surface area contributed by atoms with E-state index in [1.54, 1.807) is 7.11 Å². The molecule has 0 fully saturated rings. The van der Waals surface area contributed by atoms with Gasteiger partial charge in [-0.05, 0) is 19.4 Å². The number of terminal acetylenes is 1. The third-order valence-electron chi connectivity index (χ3n) is 2.43. The summed E-state index contributed by atoms with van der Waals surface area (Å²) >= 11 is 0. The Balaban J connectivity index is 2.75. The topological polar surface area (TPSA) is 44.5 Å². The van der Waals surface area contributed by atoms with Crippen LogP contribution >= 0.6 is 0 Å². The quantitative estimate of drug-likeness (QED) is 0.606. The van der Waals surface area contributed by atoms with Crippen LogP contribution in [0.5, 0.6) is 11.5 Å². The Morgan fingerprint density at radius 3 is 2.82 bits per heavy atom. The van der Waals surface area contributed by atoms with Crippen LogP contribution in [-0.4, -0.2) is 13.7 Å². The van der Waals surface area contributed by atoms with Crippen LogP contribution in [0.15, 0.2) is 18.2 Å². The van der Waals surface area contributed by atoms with Crippen LogP contribution in [0.25, 0.3) is 0 Å². The lowest BCUT2D eigenvalue weighted by Crippen LogP contribution is -2.08. The summed E-state index contributed by atoms with van der Waals surface area (Å²) in [4.78, 5) is 0. The zero-order valence-corrected chi connectivity index (χ0v) is 10.4. The number of hydrogen-bond acceptors (Lipinski definition) is 3. The van der Waals surface area contributed by atoms with Crippen molar-refractivity contribution in [2.24, 2.45) is 5.73 Å². The summed E-state index contributed by atoms with van der Waals surface area (Å²) in [5.74, 6) is 4.12. The fourth-order valence-electron chi connectivity index (χ4n) is 1.50. The predicted molar refractivity (Wildman–Crippen MR) is 69.2 cm³/mol. The average molecular weight is 233 g/mol. The molecule has 0 radical (unpaired) electrons. The molecule has 0 spiro atoms. The molecule has 1 atom stereocenters. The van der Waals surface area contributed by atoms with Crippen molar-refractivity contribution in [3.63, 3.8) is 0 Å². The van der Waals surface area contributed by atoms with Crippen molar-refractivity contribution in [1.82, 2.24) is 0 Å². The molecule has 1 aromatic carbocycles. The Labute approximate surface area is 103 Å². The molecule has 0 unspecified atom stereocenters. The number of methoxy groups -OCH3 is 1. The molecule has 3 nitrogen and oxygen atoms in total. The normalized spacial score (nSPS) is 11.6. The molecule has 0 aromatic heterocycles. The lowest BCUT2D eigenvalue weighted by molar-refractivity contribution is 0.305. The highest BCUT2D eigenvalue weighted by Gasteiger charge is 2.09. The summed E-state index contributed by atoms with van der Waals surface area (Å²) in [7, 11) is 1.63. The number of unbranched alkanes of at least 4 members (excludes halogenated alkanes) is 1. The van der Waals surface area contributed by atoms with Crippen molar-refractivity contribution in [1.29, 1.82) is 0 Å². The van der Waals surface area contributed by atoms with Gasteiger partial charge in [-0.25, -0.2) is 0 Å². The van der Waals surface area contributed by atoms with Gasteiger partial charge in [-0.15, -0.1) is 12.3 Å². The zero-order chi connectivity index (χ0) is 12.7. The number of hydrogen-bond donors (Lipinski definition) is 1. The Kier molecular flexibility index (Phi) is 5.38. The van der Waals surface area contributed by atoms with Crippen LogP contribution in [0.4, 0.5) is 0 Å². The van der Waals surface area contributed by atoms with Gasteiger partial charge in [0.1, 0.15) is 11.5 Å². The van der Waals surface area contributed by atoms with Crippen LogP contribution in [0, 0.1) is 12.3 Å². The molecule has 1 aromatic rings. The first-order valence-corrected chi connectivity index (χ1v) is 5.68. The predicted octanol–water partition coefficient (Wildman–Crippen LogP) is 2.51. The Bertz CT molecular complexity index is 394. The molecule has 92 valence electrons. The number of nitrogens with two attached hydrogens (primary N) is 1. The molecule has 2 N–H and O–H groups in total. The lowest BCUT2D eigenvalue weighted by Gasteiger charge is -2.15. The Morgan fingerprint density at radius 2 is 2.24 bits per heavy atom. The number of ether oxygens (including phenoxy) is 2. The van der Waals surface area contributed by atoms with Crippen molar-refractivity contribution in [3.05, 3.63) is 23.8 Å². The minimum Gasteiger partial charge on any atom is -0.497 e. The summed E-state index contributed by atoms with van der Waals surface area (Å²) in [6.07, 6.45) is 6.75. The largest absolute Gasteiger partial charge is 0.497 e. The number of benzene rings is 1. The number of rotatable bonds is 6. The van der Waals surface area contributed by atoms with E-state index in [4.69, 9.17) is 21.6 Å². The van der Waals surface area contributed by atoms with E-state index in [9.17, 15) is 0 Å². The molecule has 0 aliphatic carbocycles. The van der Waals surface area contributed by atoms with Gasteiger partial charge in [0.05, 0.1) is 13.7 Å². The molecule has 0 saturated carbocycles. The van der Waals surface area contributed by atoms with Crippen molar-refractivity contribution in [3.8, 4) is 23.8 Å². The van der Waals surface area contributed by atoms with Crippen LogP contribution < -0.4 is 15.2 Å². The maximum atomic E-state index is 5.88. The minimum atomic E-state index is -0.0662. The van der Waals surface area contributed by atoms with E-state index in [2.05, 4.69) is 5.92 Å². The van der Waals surface area contributed by atoms with Crippen LogP contribution in [0.3, 0.4) is 0 Å². The van der Waals surface area contributed by atoms with Crippen LogP contribution in [0.2, 0.25) is 0 Å². The van der Waals surface area contributed by atoms with Gasteiger partial charge in [0.15, 0.2) is 0 Å². The highest BCUT2D eigenvalue weighted by molar-refractivity contribution is 5.42. The van der Waals surface area contributed by atoms with E-state index >= 15 is 0 Å². The van der Waals surface area contributed by atoms with Gasteiger partial charge >= 0.3 is 0 Å².